The summed E-state index contributed by atoms with van der Waals surface area (Å²) in [4.78, 5) is 15.9. The van der Waals surface area contributed by atoms with E-state index < -0.39 is 0 Å². The molecule has 7 nitrogen and oxygen atoms in total. The molecule has 0 saturated heterocycles. The van der Waals surface area contributed by atoms with Crippen molar-refractivity contribution in [1.82, 2.24) is 25.8 Å². The van der Waals surface area contributed by atoms with Crippen molar-refractivity contribution < 1.29 is 4.79 Å². The van der Waals surface area contributed by atoms with E-state index >= 15 is 0 Å². The van der Waals surface area contributed by atoms with Crippen LogP contribution < -0.4 is 16.0 Å². The highest BCUT2D eigenvalue weighted by atomic mass is 31.0. The lowest BCUT2D eigenvalue weighted by atomic mass is 10.0. The molecule has 0 aliphatic heterocycles. The van der Waals surface area contributed by atoms with Crippen LogP contribution in [-0.2, 0) is 6.54 Å². The zero-order valence-electron chi connectivity index (χ0n) is 15.4. The first kappa shape index (κ1) is 19.0. The number of amides is 2. The minimum Gasteiger partial charge on any atom is -0.393 e. The second kappa shape index (κ2) is 8.73. The average molecular weight is 382 g/mol. The predicted octanol–water partition coefficient (Wildman–Crippen LogP) is 2.79. The number of nitrogens with one attached hydrogen (secondary N) is 3. The predicted molar refractivity (Wildman–Crippen MR) is 110 cm³/mol. The van der Waals surface area contributed by atoms with E-state index in [1.54, 1.807) is 24.5 Å². The fourth-order valence-electron chi connectivity index (χ4n) is 2.68. The molecule has 1 aliphatic rings. The molecule has 0 bridgehead atoms. The van der Waals surface area contributed by atoms with Crippen molar-refractivity contribution in [3.63, 3.8) is 0 Å². The molecule has 3 rings (SSSR count). The molecule has 0 aromatic carbocycles. The Morgan fingerprint density at radius 2 is 2.04 bits per heavy atom. The molecule has 2 heterocycles. The summed E-state index contributed by atoms with van der Waals surface area (Å²) in [6.07, 6.45) is 7.58. The minimum atomic E-state index is -0.301. The van der Waals surface area contributed by atoms with E-state index in [2.05, 4.69) is 40.0 Å². The monoisotopic (exact) mass is 382 g/mol. The number of urea groups is 1. The Balaban J connectivity index is 1.64. The molecule has 2 aromatic heterocycles. The molecule has 2 amide bonds. The quantitative estimate of drug-likeness (QED) is 0.641. The molecule has 1 aliphatic carbocycles. The molecule has 27 heavy (non-hydrogen) atoms. The van der Waals surface area contributed by atoms with Crippen molar-refractivity contribution in [3.8, 4) is 0 Å². The molecule has 140 valence electrons. The molecular formula is C19H23N6OP. The average Bonchev–Trinajstić information content (AvgIpc) is 3.51. The zero-order chi connectivity index (χ0) is 19.2. The minimum absolute atomic E-state index is 0.295. The van der Waals surface area contributed by atoms with Gasteiger partial charge in [0.25, 0.3) is 0 Å². The van der Waals surface area contributed by atoms with Crippen LogP contribution in [0, 0.1) is 12.8 Å². The summed E-state index contributed by atoms with van der Waals surface area (Å²) in [5, 5.41) is 18.4. The number of carbonyl (C=O) groups excluding carboxylic acids is 1. The van der Waals surface area contributed by atoms with Gasteiger partial charge < -0.3 is 16.0 Å². The van der Waals surface area contributed by atoms with Crippen molar-refractivity contribution in [1.29, 1.82) is 0 Å². The van der Waals surface area contributed by atoms with E-state index in [0.29, 0.717) is 23.8 Å². The van der Waals surface area contributed by atoms with E-state index in [4.69, 9.17) is 0 Å². The van der Waals surface area contributed by atoms with Crippen LogP contribution in [0.3, 0.4) is 0 Å². The van der Waals surface area contributed by atoms with Gasteiger partial charge in [-0.1, -0.05) is 0 Å². The fraction of sp³-hybridized carbons (Fsp3) is 0.316. The van der Waals surface area contributed by atoms with Crippen LogP contribution in [-0.4, -0.2) is 33.6 Å². The number of anilines is 1. The third-order valence-electron chi connectivity index (χ3n) is 4.22. The van der Waals surface area contributed by atoms with Gasteiger partial charge in [-0.15, -0.1) is 14.0 Å². The second-order valence-electron chi connectivity index (χ2n) is 6.45. The summed E-state index contributed by atoms with van der Waals surface area (Å²) in [5.74, 6) is 0.570. The number of aryl methyl sites for hydroxylation is 1. The van der Waals surface area contributed by atoms with Crippen LogP contribution >= 0.6 is 8.86 Å². The highest BCUT2D eigenvalue weighted by Gasteiger charge is 2.29. The number of nitrogens with zero attached hydrogens (tertiary/aromatic N) is 3. The van der Waals surface area contributed by atoms with Crippen LogP contribution in [0.15, 0.2) is 36.8 Å². The lowest BCUT2D eigenvalue weighted by Crippen LogP contribution is -2.28. The molecule has 0 spiro atoms. The van der Waals surface area contributed by atoms with Crippen molar-refractivity contribution in [3.05, 3.63) is 53.7 Å². The summed E-state index contributed by atoms with van der Waals surface area (Å²) in [6.45, 7) is 2.30. The van der Waals surface area contributed by atoms with Gasteiger partial charge in [0.05, 0.1) is 17.9 Å². The molecule has 0 atom stereocenters. The Labute approximate surface area is 160 Å². The lowest BCUT2D eigenvalue weighted by molar-refractivity contribution is 0.251. The number of carbonyl (C=O) groups is 1. The van der Waals surface area contributed by atoms with Crippen LogP contribution in [0.25, 0.3) is 5.57 Å². The number of hydrogen-bond donors (Lipinski definition) is 3. The summed E-state index contributed by atoms with van der Waals surface area (Å²) in [5.41, 5.74) is 4.26. The largest absolute Gasteiger partial charge is 0.393 e. The topological polar surface area (TPSA) is 91.8 Å². The van der Waals surface area contributed by atoms with Gasteiger partial charge >= 0.3 is 6.03 Å². The van der Waals surface area contributed by atoms with Gasteiger partial charge in [0.15, 0.2) is 0 Å². The number of allylic oxidation sites excluding steroid dienone is 1. The van der Waals surface area contributed by atoms with Gasteiger partial charge in [-0.25, -0.2) is 4.79 Å². The number of aromatic nitrogens is 3. The second-order valence-corrected chi connectivity index (χ2v) is 6.98. The molecule has 0 radical (unpaired) electrons. The fourth-order valence-corrected chi connectivity index (χ4v) is 3.16. The molecule has 2 aromatic rings. The van der Waals surface area contributed by atoms with Crippen LogP contribution in [0.1, 0.15) is 29.8 Å². The summed E-state index contributed by atoms with van der Waals surface area (Å²) in [7, 11) is 5.64. The molecule has 1 fully saturated rings. The van der Waals surface area contributed by atoms with E-state index in [1.807, 2.05) is 26.2 Å². The van der Waals surface area contributed by atoms with Gasteiger partial charge in [0.1, 0.15) is 0 Å². The smallest absolute Gasteiger partial charge is 0.319 e. The number of pyridine rings is 1. The Morgan fingerprint density at radius 3 is 2.67 bits per heavy atom. The third kappa shape index (κ3) is 5.11. The van der Waals surface area contributed by atoms with Crippen LogP contribution in [0.4, 0.5) is 10.5 Å². The molecule has 1 saturated carbocycles. The van der Waals surface area contributed by atoms with Gasteiger partial charge in [-0.05, 0) is 54.7 Å². The van der Waals surface area contributed by atoms with E-state index in [0.717, 1.165) is 22.1 Å². The maximum absolute atomic E-state index is 12.0. The summed E-state index contributed by atoms with van der Waals surface area (Å²) in [6, 6.07) is 5.10. The first-order valence-corrected chi connectivity index (χ1v) is 9.33. The zero-order valence-corrected chi connectivity index (χ0v) is 16.4. The molecule has 8 heteroatoms. The third-order valence-corrected chi connectivity index (χ3v) is 4.90. The standard InChI is InChI=1S/C19H23N6OP/c1-12-9-15(10-22-19(26)23-14-5-7-21-8-6-14)24-25-17(12)16(11-20-2)18(27)13-3-4-13/h5-9,11,13,20,27H,3-4,10H2,1-2H3,(H2,21,22,23,26)/b16-11-. The Kier molecular flexibility index (Phi) is 6.14. The maximum atomic E-state index is 12.0. The van der Waals surface area contributed by atoms with Gasteiger partial charge in [0.2, 0.25) is 0 Å². The summed E-state index contributed by atoms with van der Waals surface area (Å²) >= 11 is 0. The highest BCUT2D eigenvalue weighted by Crippen LogP contribution is 2.36. The van der Waals surface area contributed by atoms with Crippen molar-refractivity contribution in [2.45, 2.75) is 26.3 Å². The van der Waals surface area contributed by atoms with Gasteiger partial charge in [-0.2, -0.15) is 5.10 Å². The molecular weight excluding hydrogens is 359 g/mol. The van der Waals surface area contributed by atoms with Crippen molar-refractivity contribution >= 4 is 31.4 Å². The summed E-state index contributed by atoms with van der Waals surface area (Å²) < 4.78 is 0. The van der Waals surface area contributed by atoms with Gasteiger partial charge in [-0.3, -0.25) is 4.98 Å². The number of hydrogen-bond acceptors (Lipinski definition) is 5. The highest BCUT2D eigenvalue weighted by molar-refractivity contribution is 7.24. The van der Waals surface area contributed by atoms with Crippen molar-refractivity contribution in [2.24, 2.45) is 5.92 Å². The van der Waals surface area contributed by atoms with Crippen molar-refractivity contribution in [2.75, 3.05) is 12.4 Å². The first-order valence-electron chi connectivity index (χ1n) is 8.83. The normalized spacial score (nSPS) is 13.8. The Bertz CT molecular complexity index is 864. The van der Waals surface area contributed by atoms with Crippen LogP contribution in [0.5, 0.6) is 0 Å². The Hall–Kier alpha value is -2.79. The maximum Gasteiger partial charge on any atom is 0.319 e. The van der Waals surface area contributed by atoms with Gasteiger partial charge in [0, 0.05) is 36.9 Å². The molecule has 3 N–H and O–H groups in total. The molecule has 0 unspecified atom stereocenters. The Morgan fingerprint density at radius 1 is 1.30 bits per heavy atom. The SMILES string of the molecule is CN/C=C(\C(=P)C1CC1)c1nnc(CNC(=O)Nc2ccncc2)cc1C. The first-order chi connectivity index (χ1) is 13.1. The number of rotatable bonds is 7. The lowest BCUT2D eigenvalue weighted by Gasteiger charge is -2.13. The van der Waals surface area contributed by atoms with E-state index in [-0.39, 0.29) is 6.03 Å². The van der Waals surface area contributed by atoms with E-state index in [9.17, 15) is 4.79 Å². The van der Waals surface area contributed by atoms with E-state index in [1.165, 1.54) is 12.8 Å². The van der Waals surface area contributed by atoms with Crippen LogP contribution in [0.2, 0.25) is 0 Å².